The van der Waals surface area contributed by atoms with E-state index in [4.69, 9.17) is 9.84 Å². The highest BCUT2D eigenvalue weighted by atomic mass is 16.5. The zero-order valence-electron chi connectivity index (χ0n) is 11.2. The van der Waals surface area contributed by atoms with E-state index in [1.54, 1.807) is 0 Å². The molecule has 2 rings (SSSR count). The Labute approximate surface area is 108 Å². The van der Waals surface area contributed by atoms with Gasteiger partial charge in [0.25, 0.3) is 0 Å². The fourth-order valence-corrected chi connectivity index (χ4v) is 2.46. The Balaban J connectivity index is 2.27. The van der Waals surface area contributed by atoms with Crippen LogP contribution in [0.2, 0.25) is 0 Å². The average Bonchev–Trinajstić information content (AvgIpc) is 2.25. The van der Waals surface area contributed by atoms with Gasteiger partial charge in [0.1, 0.15) is 11.4 Å². The molecule has 1 N–H and O–H groups in total. The largest absolute Gasteiger partial charge is 0.486 e. The lowest BCUT2D eigenvalue weighted by Crippen LogP contribution is -2.45. The van der Waals surface area contributed by atoms with Gasteiger partial charge >= 0.3 is 5.97 Å². The molecule has 1 aliphatic rings. The van der Waals surface area contributed by atoms with Crippen LogP contribution in [0.5, 0.6) is 5.75 Å². The zero-order chi connectivity index (χ0) is 13.3. The summed E-state index contributed by atoms with van der Waals surface area (Å²) in [5.41, 5.74) is 2.90. The van der Waals surface area contributed by atoms with Crippen LogP contribution in [0, 0.1) is 20.8 Å². The summed E-state index contributed by atoms with van der Waals surface area (Å²) in [7, 11) is 0. The van der Waals surface area contributed by atoms with Gasteiger partial charge in [-0.2, -0.15) is 0 Å². The van der Waals surface area contributed by atoms with E-state index in [0.29, 0.717) is 0 Å². The molecular formula is C15H20O3. The fraction of sp³-hybridized carbons (Fsp3) is 0.533. The first kappa shape index (κ1) is 12.9. The second-order valence-corrected chi connectivity index (χ2v) is 5.36. The van der Waals surface area contributed by atoms with Crippen molar-refractivity contribution in [2.45, 2.75) is 52.1 Å². The number of hydrogen-bond donors (Lipinski definition) is 1. The van der Waals surface area contributed by atoms with Crippen LogP contribution >= 0.6 is 0 Å². The number of carbonyl (C=O) groups is 1. The second kappa shape index (κ2) is 4.63. The normalized spacial score (nSPS) is 17.1. The van der Waals surface area contributed by atoms with Crippen molar-refractivity contribution in [1.82, 2.24) is 0 Å². The minimum atomic E-state index is -0.780. The van der Waals surface area contributed by atoms with Crippen LogP contribution < -0.4 is 4.74 Å². The van der Waals surface area contributed by atoms with Crippen molar-refractivity contribution in [3.63, 3.8) is 0 Å². The van der Waals surface area contributed by atoms with Gasteiger partial charge in [-0.15, -0.1) is 0 Å². The fourth-order valence-electron chi connectivity index (χ4n) is 2.46. The molecule has 0 saturated heterocycles. The van der Waals surface area contributed by atoms with Gasteiger partial charge < -0.3 is 9.84 Å². The summed E-state index contributed by atoms with van der Waals surface area (Å²) in [5.74, 6) is 0.0913. The lowest BCUT2D eigenvalue weighted by atomic mass is 9.77. The first-order chi connectivity index (χ1) is 8.43. The lowest BCUT2D eigenvalue weighted by molar-refractivity contribution is -0.144. The summed E-state index contributed by atoms with van der Waals surface area (Å²) in [4.78, 5) is 11.0. The molecule has 0 amide bonds. The first-order valence-electron chi connectivity index (χ1n) is 6.41. The molecule has 0 heterocycles. The molecule has 0 aromatic heterocycles. The number of aryl methyl sites for hydroxylation is 2. The second-order valence-electron chi connectivity index (χ2n) is 5.36. The molecule has 1 aromatic rings. The van der Waals surface area contributed by atoms with Crippen LogP contribution in [-0.2, 0) is 4.79 Å². The van der Waals surface area contributed by atoms with E-state index in [0.717, 1.165) is 36.1 Å². The van der Waals surface area contributed by atoms with Gasteiger partial charge in [-0.25, -0.2) is 0 Å². The van der Waals surface area contributed by atoms with Gasteiger partial charge in [0.15, 0.2) is 0 Å². The smallest absolute Gasteiger partial charge is 0.307 e. The van der Waals surface area contributed by atoms with Gasteiger partial charge in [-0.3, -0.25) is 4.79 Å². The molecule has 0 unspecified atom stereocenters. The predicted octanol–water partition coefficient (Wildman–Crippen LogP) is 3.39. The number of carboxylic acid groups (broad SMARTS) is 1. The number of aliphatic carboxylic acids is 1. The molecule has 3 heteroatoms. The molecule has 3 nitrogen and oxygen atoms in total. The SMILES string of the molecule is Cc1ccc(C)c(OC2(CC(=O)O)CCC2)c1C. The van der Waals surface area contributed by atoms with Gasteiger partial charge in [-0.05, 0) is 56.7 Å². The van der Waals surface area contributed by atoms with Crippen LogP contribution in [-0.4, -0.2) is 16.7 Å². The maximum atomic E-state index is 11.0. The van der Waals surface area contributed by atoms with Crippen molar-refractivity contribution < 1.29 is 14.6 Å². The van der Waals surface area contributed by atoms with Crippen LogP contribution in [0.3, 0.4) is 0 Å². The Kier molecular flexibility index (Phi) is 3.33. The standard InChI is InChI=1S/C15H20O3/c1-10-5-6-11(2)14(12(10)3)18-15(7-4-8-15)9-13(16)17/h5-6H,4,7-9H2,1-3H3,(H,16,17). The minimum Gasteiger partial charge on any atom is -0.486 e. The van der Waals surface area contributed by atoms with E-state index in [1.165, 1.54) is 5.56 Å². The highest BCUT2D eigenvalue weighted by Crippen LogP contribution is 2.41. The summed E-state index contributed by atoms with van der Waals surface area (Å²) < 4.78 is 6.11. The van der Waals surface area contributed by atoms with Crippen LogP contribution in [0.15, 0.2) is 12.1 Å². The summed E-state index contributed by atoms with van der Waals surface area (Å²) in [6.45, 7) is 6.09. The summed E-state index contributed by atoms with van der Waals surface area (Å²) >= 11 is 0. The average molecular weight is 248 g/mol. The molecule has 0 spiro atoms. The minimum absolute atomic E-state index is 0.0970. The van der Waals surface area contributed by atoms with E-state index in [-0.39, 0.29) is 6.42 Å². The van der Waals surface area contributed by atoms with Crippen molar-refractivity contribution in [3.05, 3.63) is 28.8 Å². The summed E-state index contributed by atoms with van der Waals surface area (Å²) in [5, 5.41) is 9.01. The molecule has 98 valence electrons. The van der Waals surface area contributed by atoms with E-state index < -0.39 is 11.6 Å². The highest BCUT2D eigenvalue weighted by Gasteiger charge is 2.42. The molecule has 1 fully saturated rings. The Morgan fingerprint density at radius 1 is 1.28 bits per heavy atom. The topological polar surface area (TPSA) is 46.5 Å². The summed E-state index contributed by atoms with van der Waals surface area (Å²) in [6.07, 6.45) is 2.83. The van der Waals surface area contributed by atoms with E-state index in [9.17, 15) is 4.79 Å². The van der Waals surface area contributed by atoms with Crippen molar-refractivity contribution in [3.8, 4) is 5.75 Å². The Morgan fingerprint density at radius 3 is 2.39 bits per heavy atom. The zero-order valence-corrected chi connectivity index (χ0v) is 11.2. The molecule has 0 bridgehead atoms. The molecule has 0 aliphatic heterocycles. The quantitative estimate of drug-likeness (QED) is 0.888. The third-order valence-corrected chi connectivity index (χ3v) is 3.93. The third-order valence-electron chi connectivity index (χ3n) is 3.93. The monoisotopic (exact) mass is 248 g/mol. The highest BCUT2D eigenvalue weighted by molar-refractivity contribution is 5.68. The number of hydrogen-bond acceptors (Lipinski definition) is 2. The van der Waals surface area contributed by atoms with E-state index in [1.807, 2.05) is 26.8 Å². The van der Waals surface area contributed by atoms with Crippen molar-refractivity contribution in [1.29, 1.82) is 0 Å². The van der Waals surface area contributed by atoms with Gasteiger partial charge in [0.05, 0.1) is 6.42 Å². The van der Waals surface area contributed by atoms with Gasteiger partial charge in [0.2, 0.25) is 0 Å². The molecule has 1 aliphatic carbocycles. The van der Waals surface area contributed by atoms with Gasteiger partial charge in [-0.1, -0.05) is 12.1 Å². The maximum Gasteiger partial charge on any atom is 0.307 e. The molecular weight excluding hydrogens is 228 g/mol. The van der Waals surface area contributed by atoms with Crippen LogP contribution in [0.4, 0.5) is 0 Å². The number of carboxylic acids is 1. The molecule has 0 atom stereocenters. The van der Waals surface area contributed by atoms with Crippen molar-refractivity contribution >= 4 is 5.97 Å². The van der Waals surface area contributed by atoms with Crippen molar-refractivity contribution in [2.24, 2.45) is 0 Å². The van der Waals surface area contributed by atoms with Crippen LogP contribution in [0.25, 0.3) is 0 Å². The Hall–Kier alpha value is -1.51. The maximum absolute atomic E-state index is 11.0. The Bertz CT molecular complexity index is 473. The first-order valence-corrected chi connectivity index (χ1v) is 6.41. The number of benzene rings is 1. The van der Waals surface area contributed by atoms with E-state index >= 15 is 0 Å². The third kappa shape index (κ3) is 2.35. The molecule has 18 heavy (non-hydrogen) atoms. The van der Waals surface area contributed by atoms with E-state index in [2.05, 4.69) is 6.07 Å². The van der Waals surface area contributed by atoms with Gasteiger partial charge in [0, 0.05) is 0 Å². The summed E-state index contributed by atoms with van der Waals surface area (Å²) in [6, 6.07) is 4.10. The number of rotatable bonds is 4. The molecule has 1 saturated carbocycles. The van der Waals surface area contributed by atoms with Crippen LogP contribution in [0.1, 0.15) is 42.4 Å². The molecule has 0 radical (unpaired) electrons. The lowest BCUT2D eigenvalue weighted by Gasteiger charge is -2.41. The number of ether oxygens (including phenoxy) is 1. The Morgan fingerprint density at radius 2 is 1.89 bits per heavy atom. The predicted molar refractivity (Wildman–Crippen MR) is 70.1 cm³/mol. The van der Waals surface area contributed by atoms with Crippen molar-refractivity contribution in [2.75, 3.05) is 0 Å². The molecule has 1 aromatic carbocycles.